The number of rotatable bonds is 5. The van der Waals surface area contributed by atoms with E-state index in [1.807, 2.05) is 10.7 Å². The fourth-order valence-electron chi connectivity index (χ4n) is 8.57. The summed E-state index contributed by atoms with van der Waals surface area (Å²) in [5.74, 6) is 0.193. The van der Waals surface area contributed by atoms with Gasteiger partial charge in [-0.2, -0.15) is 15.1 Å². The van der Waals surface area contributed by atoms with Crippen molar-refractivity contribution in [1.82, 2.24) is 29.5 Å². The number of nitrogens with two attached hydrogens (primary N) is 1. The number of ether oxygens (including phenoxy) is 2. The van der Waals surface area contributed by atoms with Gasteiger partial charge in [0.05, 0.1) is 41.4 Å². The van der Waals surface area contributed by atoms with E-state index in [4.69, 9.17) is 25.2 Å². The van der Waals surface area contributed by atoms with E-state index in [1.165, 1.54) is 4.90 Å². The highest BCUT2D eigenvalue weighted by Gasteiger charge is 2.50. The highest BCUT2D eigenvalue weighted by Crippen LogP contribution is 2.47. The molecule has 1 aliphatic carbocycles. The maximum absolute atomic E-state index is 14.6. The van der Waals surface area contributed by atoms with Crippen LogP contribution in [0.2, 0.25) is 0 Å². The van der Waals surface area contributed by atoms with E-state index < -0.39 is 17.6 Å². The monoisotopic (exact) mass is 648 g/mol. The summed E-state index contributed by atoms with van der Waals surface area (Å²) < 4.78 is 44.2. The van der Waals surface area contributed by atoms with Crippen LogP contribution in [0.3, 0.4) is 0 Å². The average Bonchev–Trinajstić information content (AvgIpc) is 3.67. The van der Waals surface area contributed by atoms with Gasteiger partial charge in [-0.1, -0.05) is 0 Å². The van der Waals surface area contributed by atoms with Crippen LogP contribution in [-0.2, 0) is 42.9 Å². The maximum atomic E-state index is 14.6. The largest absolute Gasteiger partial charge is 0.461 e. The number of nitrogens with zero attached hydrogens (tertiary/aromatic N) is 7. The number of alkyl halides is 1. The fraction of sp³-hybridized carbons (Fsp3) is 0.588. The SMILES string of the molecule is CN(C)C(=O)c1cc2n(n1)CCCN(c1nc(OC[C@@]34CCCN3C[C@H](F)C4)nc3c1COC1(CCCc4cc(F)c(N)cc41)C3)C2. The summed E-state index contributed by atoms with van der Waals surface area (Å²) in [6, 6.07) is 5.42. The molecule has 8 rings (SSSR count). The summed E-state index contributed by atoms with van der Waals surface area (Å²) in [6.45, 7) is 3.83. The Kier molecular flexibility index (Phi) is 7.39. The molecule has 47 heavy (non-hydrogen) atoms. The van der Waals surface area contributed by atoms with Crippen LogP contribution in [0.25, 0.3) is 0 Å². The van der Waals surface area contributed by atoms with E-state index in [-0.39, 0.29) is 29.8 Å². The van der Waals surface area contributed by atoms with Gasteiger partial charge in [-0.25, -0.2) is 8.78 Å². The Morgan fingerprint density at radius 1 is 1.15 bits per heavy atom. The minimum atomic E-state index is -0.856. The Morgan fingerprint density at radius 3 is 2.87 bits per heavy atom. The zero-order valence-corrected chi connectivity index (χ0v) is 27.1. The summed E-state index contributed by atoms with van der Waals surface area (Å²) in [5, 5.41) is 4.61. The molecular weight excluding hydrogens is 606 g/mol. The van der Waals surface area contributed by atoms with Gasteiger partial charge in [-0.05, 0) is 74.4 Å². The first-order valence-electron chi connectivity index (χ1n) is 16.8. The van der Waals surface area contributed by atoms with Gasteiger partial charge in [0.25, 0.3) is 5.91 Å². The number of hydrogen-bond donors (Lipinski definition) is 1. The number of aryl methyl sites for hydroxylation is 2. The Bertz CT molecular complexity index is 1730. The fourth-order valence-corrected chi connectivity index (χ4v) is 8.57. The van der Waals surface area contributed by atoms with Crippen molar-refractivity contribution in [3.05, 3.63) is 57.8 Å². The molecule has 2 saturated heterocycles. The van der Waals surface area contributed by atoms with Gasteiger partial charge in [0.2, 0.25) is 0 Å². The molecule has 250 valence electrons. The van der Waals surface area contributed by atoms with Gasteiger partial charge >= 0.3 is 6.01 Å². The highest BCUT2D eigenvalue weighted by molar-refractivity contribution is 5.92. The van der Waals surface area contributed by atoms with Crippen LogP contribution in [0, 0.1) is 5.82 Å². The highest BCUT2D eigenvalue weighted by atomic mass is 19.1. The van der Waals surface area contributed by atoms with Crippen molar-refractivity contribution in [1.29, 1.82) is 0 Å². The predicted molar refractivity (Wildman–Crippen MR) is 170 cm³/mol. The molecule has 1 aromatic carbocycles. The van der Waals surface area contributed by atoms with E-state index in [9.17, 15) is 13.6 Å². The third-order valence-corrected chi connectivity index (χ3v) is 10.9. The lowest BCUT2D eigenvalue weighted by molar-refractivity contribution is -0.0855. The maximum Gasteiger partial charge on any atom is 0.318 e. The van der Waals surface area contributed by atoms with Crippen LogP contribution in [-0.4, -0.2) is 87.5 Å². The van der Waals surface area contributed by atoms with Crippen LogP contribution >= 0.6 is 0 Å². The van der Waals surface area contributed by atoms with Crippen LogP contribution in [0.4, 0.5) is 20.3 Å². The molecule has 5 aliphatic rings. The van der Waals surface area contributed by atoms with Crippen LogP contribution in [0.15, 0.2) is 18.2 Å². The second-order valence-corrected chi connectivity index (χ2v) is 14.2. The molecular formula is C34H42F2N8O3. The van der Waals surface area contributed by atoms with Gasteiger partial charge < -0.3 is 25.0 Å². The molecule has 1 amide bonds. The topological polar surface area (TPSA) is 115 Å². The van der Waals surface area contributed by atoms with E-state index in [0.29, 0.717) is 51.3 Å². The van der Waals surface area contributed by atoms with E-state index in [2.05, 4.69) is 14.9 Å². The number of nitrogen functional groups attached to an aromatic ring is 1. The Balaban J connectivity index is 1.16. The first-order valence-corrected chi connectivity index (χ1v) is 16.8. The zero-order valence-electron chi connectivity index (χ0n) is 27.1. The number of benzene rings is 1. The number of carbonyl (C=O) groups is 1. The molecule has 11 nitrogen and oxygen atoms in total. The van der Waals surface area contributed by atoms with Gasteiger partial charge in [-0.3, -0.25) is 14.4 Å². The molecule has 2 aromatic heterocycles. The van der Waals surface area contributed by atoms with Gasteiger partial charge in [-0.15, -0.1) is 0 Å². The Hall–Kier alpha value is -3.84. The lowest BCUT2D eigenvalue weighted by Gasteiger charge is -2.43. The number of anilines is 2. The normalized spacial score (nSPS) is 26.8. The molecule has 6 heterocycles. The van der Waals surface area contributed by atoms with Gasteiger partial charge in [0.15, 0.2) is 5.69 Å². The van der Waals surface area contributed by atoms with Crippen molar-refractivity contribution >= 4 is 17.4 Å². The number of amides is 1. The molecule has 0 bridgehead atoms. The predicted octanol–water partition coefficient (Wildman–Crippen LogP) is 3.77. The lowest BCUT2D eigenvalue weighted by atomic mass is 9.74. The van der Waals surface area contributed by atoms with Gasteiger partial charge in [0.1, 0.15) is 24.4 Å². The summed E-state index contributed by atoms with van der Waals surface area (Å²) in [5.41, 5.74) is 10.1. The second kappa shape index (κ2) is 11.4. The molecule has 3 aromatic rings. The molecule has 3 atom stereocenters. The lowest BCUT2D eigenvalue weighted by Crippen LogP contribution is -2.44. The zero-order chi connectivity index (χ0) is 32.5. The molecule has 0 saturated carbocycles. The Labute approximate surface area is 273 Å². The third kappa shape index (κ3) is 5.22. The van der Waals surface area contributed by atoms with Crippen molar-refractivity contribution in [3.63, 3.8) is 0 Å². The molecule has 1 spiro atoms. The standard InChI is InChI=1S/C34H42F2N8O3/c1-41(2)31(45)28-13-23-18-42(9-5-11-44(23)40-28)30-24-19-47-34(8-3-6-21-12-26(36)27(37)14-25(21)34)16-29(24)38-32(39-30)46-20-33-7-4-10-43(33)17-22(35)15-33/h12-14,22H,3-11,15-20,37H2,1-2H3/t22-,33+,34?/m1/s1. The summed E-state index contributed by atoms with van der Waals surface area (Å²) in [7, 11) is 3.44. The van der Waals surface area contributed by atoms with Crippen molar-refractivity contribution in [2.45, 2.75) is 88.4 Å². The molecule has 2 fully saturated rings. The smallest absolute Gasteiger partial charge is 0.318 e. The third-order valence-electron chi connectivity index (χ3n) is 10.9. The Morgan fingerprint density at radius 2 is 2.02 bits per heavy atom. The minimum absolute atomic E-state index is 0.114. The number of aromatic nitrogens is 4. The first-order chi connectivity index (χ1) is 22.6. The number of fused-ring (bicyclic) bond motifs is 5. The van der Waals surface area contributed by atoms with Gasteiger partial charge in [0, 0.05) is 52.1 Å². The van der Waals surface area contributed by atoms with E-state index in [1.54, 1.807) is 26.2 Å². The van der Waals surface area contributed by atoms with Crippen LogP contribution in [0.1, 0.15) is 77.1 Å². The number of halogens is 2. The van der Waals surface area contributed by atoms with E-state index >= 15 is 0 Å². The molecule has 13 heteroatoms. The second-order valence-electron chi connectivity index (χ2n) is 14.2. The molecule has 2 N–H and O–H groups in total. The van der Waals surface area contributed by atoms with E-state index in [0.717, 1.165) is 79.0 Å². The van der Waals surface area contributed by atoms with Crippen molar-refractivity contribution < 1.29 is 23.0 Å². The first kappa shape index (κ1) is 30.5. The van der Waals surface area contributed by atoms with Crippen LogP contribution < -0.4 is 15.4 Å². The molecule has 4 aliphatic heterocycles. The molecule has 0 radical (unpaired) electrons. The summed E-state index contributed by atoms with van der Waals surface area (Å²) in [6.07, 6.45) is 5.19. The van der Waals surface area contributed by atoms with Crippen molar-refractivity contribution in [2.24, 2.45) is 0 Å². The number of hydrogen-bond acceptors (Lipinski definition) is 9. The average molecular weight is 649 g/mol. The molecule has 1 unspecified atom stereocenters. The van der Waals surface area contributed by atoms with Crippen molar-refractivity contribution in [2.75, 3.05) is 51.0 Å². The number of carbonyl (C=O) groups excluding carboxylic acids is 1. The van der Waals surface area contributed by atoms with Crippen LogP contribution in [0.5, 0.6) is 6.01 Å². The minimum Gasteiger partial charge on any atom is -0.461 e. The van der Waals surface area contributed by atoms with Crippen molar-refractivity contribution in [3.8, 4) is 6.01 Å². The summed E-state index contributed by atoms with van der Waals surface area (Å²) in [4.78, 5) is 28.7. The quantitative estimate of drug-likeness (QED) is 0.413. The summed E-state index contributed by atoms with van der Waals surface area (Å²) >= 11 is 0.